The Bertz CT molecular complexity index is 450. The topological polar surface area (TPSA) is 55.6 Å². The number of carbonyl (C=O) groups is 1. The summed E-state index contributed by atoms with van der Waals surface area (Å²) in [4.78, 5) is 14.3. The maximum absolute atomic E-state index is 12.3. The van der Waals surface area contributed by atoms with E-state index in [1.807, 2.05) is 4.90 Å². The quantitative estimate of drug-likeness (QED) is 0.776. The van der Waals surface area contributed by atoms with Gasteiger partial charge in [0.25, 0.3) is 5.91 Å². The Kier molecular flexibility index (Phi) is 3.81. The lowest BCUT2D eigenvalue weighted by Crippen LogP contribution is -2.38. The number of anilines is 1. The fourth-order valence-corrected chi connectivity index (χ4v) is 2.30. The monoisotopic (exact) mass is 274 g/mol. The maximum atomic E-state index is 12.3. The van der Waals surface area contributed by atoms with Gasteiger partial charge in [-0.2, -0.15) is 0 Å². The molecule has 2 N–H and O–H groups in total. The standard InChI is InChI=1S/C16H22N2O2/c17-14-5-7-15(8-6-14)20-11-16(19)18(9-12-1-2-12)10-13-3-4-13/h5-8,12-13H,1-4,9-11,17H2. The summed E-state index contributed by atoms with van der Waals surface area (Å²) < 4.78 is 5.56. The molecule has 2 saturated carbocycles. The molecule has 0 saturated heterocycles. The first-order valence-electron chi connectivity index (χ1n) is 7.47. The molecule has 4 heteroatoms. The molecule has 0 spiro atoms. The Labute approximate surface area is 119 Å². The first kappa shape index (κ1) is 13.3. The Morgan fingerprint density at radius 1 is 1.10 bits per heavy atom. The molecule has 3 rings (SSSR count). The zero-order valence-corrected chi connectivity index (χ0v) is 11.8. The van der Waals surface area contributed by atoms with Gasteiger partial charge in [0.15, 0.2) is 6.61 Å². The third kappa shape index (κ3) is 3.89. The molecule has 2 aliphatic rings. The number of nitrogens with zero attached hydrogens (tertiary/aromatic N) is 1. The highest BCUT2D eigenvalue weighted by molar-refractivity contribution is 5.77. The molecule has 0 unspecified atom stereocenters. The average Bonchev–Trinajstić information content (AvgIpc) is 3.32. The van der Waals surface area contributed by atoms with E-state index in [1.54, 1.807) is 24.3 Å². The predicted molar refractivity (Wildman–Crippen MR) is 78.4 cm³/mol. The molecule has 1 aromatic carbocycles. The average molecular weight is 274 g/mol. The number of benzene rings is 1. The number of carbonyl (C=O) groups excluding carboxylic acids is 1. The summed E-state index contributed by atoms with van der Waals surface area (Å²) in [7, 11) is 0. The number of amides is 1. The normalized spacial score (nSPS) is 17.8. The van der Waals surface area contributed by atoms with Crippen molar-refractivity contribution in [1.29, 1.82) is 0 Å². The number of rotatable bonds is 7. The third-order valence-corrected chi connectivity index (χ3v) is 3.95. The van der Waals surface area contributed by atoms with Crippen LogP contribution in [0.3, 0.4) is 0 Å². The van der Waals surface area contributed by atoms with Gasteiger partial charge in [-0.05, 0) is 61.8 Å². The number of nitrogen functional groups attached to an aromatic ring is 1. The van der Waals surface area contributed by atoms with Crippen molar-refractivity contribution in [2.75, 3.05) is 25.4 Å². The number of nitrogens with two attached hydrogens (primary N) is 1. The van der Waals surface area contributed by atoms with Crippen LogP contribution in [0.15, 0.2) is 24.3 Å². The lowest BCUT2D eigenvalue weighted by Gasteiger charge is -2.22. The van der Waals surface area contributed by atoms with E-state index in [9.17, 15) is 4.79 Å². The van der Waals surface area contributed by atoms with Crippen molar-refractivity contribution in [3.8, 4) is 5.75 Å². The predicted octanol–water partition coefficient (Wildman–Crippen LogP) is 2.30. The minimum Gasteiger partial charge on any atom is -0.484 e. The Morgan fingerprint density at radius 2 is 1.65 bits per heavy atom. The van der Waals surface area contributed by atoms with Gasteiger partial charge in [-0.3, -0.25) is 4.79 Å². The minimum atomic E-state index is 0.112. The van der Waals surface area contributed by atoms with Gasteiger partial charge in [0, 0.05) is 18.8 Å². The van der Waals surface area contributed by atoms with Crippen LogP contribution < -0.4 is 10.5 Å². The lowest BCUT2D eigenvalue weighted by atomic mass is 10.3. The highest BCUT2D eigenvalue weighted by atomic mass is 16.5. The van der Waals surface area contributed by atoms with Crippen LogP contribution in [0.1, 0.15) is 25.7 Å². The second-order valence-corrected chi connectivity index (χ2v) is 6.04. The van der Waals surface area contributed by atoms with E-state index < -0.39 is 0 Å². The van der Waals surface area contributed by atoms with Gasteiger partial charge in [0.05, 0.1) is 0 Å². The van der Waals surface area contributed by atoms with Gasteiger partial charge in [-0.1, -0.05) is 0 Å². The van der Waals surface area contributed by atoms with E-state index in [2.05, 4.69) is 0 Å². The van der Waals surface area contributed by atoms with Crippen LogP contribution in [0.5, 0.6) is 5.75 Å². The number of hydrogen-bond acceptors (Lipinski definition) is 3. The molecule has 0 radical (unpaired) electrons. The van der Waals surface area contributed by atoms with E-state index in [4.69, 9.17) is 10.5 Å². The van der Waals surface area contributed by atoms with Crippen LogP contribution in [-0.4, -0.2) is 30.5 Å². The van der Waals surface area contributed by atoms with E-state index in [0.717, 1.165) is 24.9 Å². The molecule has 20 heavy (non-hydrogen) atoms. The van der Waals surface area contributed by atoms with Gasteiger partial charge in [0.1, 0.15) is 5.75 Å². The van der Waals surface area contributed by atoms with Crippen molar-refractivity contribution in [2.45, 2.75) is 25.7 Å². The fraction of sp³-hybridized carbons (Fsp3) is 0.562. The van der Waals surface area contributed by atoms with Crippen molar-refractivity contribution in [3.05, 3.63) is 24.3 Å². The zero-order chi connectivity index (χ0) is 13.9. The molecule has 2 aliphatic carbocycles. The summed E-state index contributed by atoms with van der Waals surface area (Å²) in [5, 5.41) is 0. The van der Waals surface area contributed by atoms with Crippen LogP contribution in [0, 0.1) is 11.8 Å². The molecule has 0 bridgehead atoms. The molecule has 0 atom stereocenters. The molecule has 108 valence electrons. The van der Waals surface area contributed by atoms with Gasteiger partial charge in [0.2, 0.25) is 0 Å². The van der Waals surface area contributed by atoms with Crippen LogP contribution in [0.2, 0.25) is 0 Å². The Hall–Kier alpha value is -1.71. The first-order chi connectivity index (χ1) is 9.70. The molecule has 1 amide bonds. The van der Waals surface area contributed by atoms with Gasteiger partial charge < -0.3 is 15.4 Å². The molecule has 2 fully saturated rings. The Balaban J connectivity index is 1.50. The molecular formula is C16H22N2O2. The molecule has 4 nitrogen and oxygen atoms in total. The van der Waals surface area contributed by atoms with Crippen molar-refractivity contribution in [2.24, 2.45) is 11.8 Å². The summed E-state index contributed by atoms with van der Waals surface area (Å²) >= 11 is 0. The lowest BCUT2D eigenvalue weighted by molar-refractivity contribution is -0.133. The second-order valence-electron chi connectivity index (χ2n) is 6.04. The fourth-order valence-electron chi connectivity index (χ4n) is 2.30. The number of ether oxygens (including phenoxy) is 1. The SMILES string of the molecule is Nc1ccc(OCC(=O)N(CC2CC2)CC2CC2)cc1. The maximum Gasteiger partial charge on any atom is 0.260 e. The summed E-state index contributed by atoms with van der Waals surface area (Å²) in [5.41, 5.74) is 6.33. The van der Waals surface area contributed by atoms with Crippen molar-refractivity contribution < 1.29 is 9.53 Å². The van der Waals surface area contributed by atoms with Crippen LogP contribution in [0.4, 0.5) is 5.69 Å². The van der Waals surface area contributed by atoms with Crippen molar-refractivity contribution >= 4 is 11.6 Å². The smallest absolute Gasteiger partial charge is 0.260 e. The Morgan fingerprint density at radius 3 is 2.15 bits per heavy atom. The van der Waals surface area contributed by atoms with Gasteiger partial charge in [-0.25, -0.2) is 0 Å². The first-order valence-corrected chi connectivity index (χ1v) is 7.47. The van der Waals surface area contributed by atoms with Crippen molar-refractivity contribution in [1.82, 2.24) is 4.90 Å². The van der Waals surface area contributed by atoms with E-state index in [-0.39, 0.29) is 12.5 Å². The van der Waals surface area contributed by atoms with Crippen molar-refractivity contribution in [3.63, 3.8) is 0 Å². The van der Waals surface area contributed by atoms with Crippen LogP contribution in [-0.2, 0) is 4.79 Å². The van der Waals surface area contributed by atoms with Crippen LogP contribution >= 0.6 is 0 Å². The van der Waals surface area contributed by atoms with E-state index >= 15 is 0 Å². The molecule has 1 aromatic rings. The zero-order valence-electron chi connectivity index (χ0n) is 11.8. The second kappa shape index (κ2) is 5.73. The summed E-state index contributed by atoms with van der Waals surface area (Å²) in [5.74, 6) is 2.27. The summed E-state index contributed by atoms with van der Waals surface area (Å²) in [6, 6.07) is 7.17. The van der Waals surface area contributed by atoms with Crippen LogP contribution in [0.25, 0.3) is 0 Å². The van der Waals surface area contributed by atoms with E-state index in [0.29, 0.717) is 11.4 Å². The van der Waals surface area contributed by atoms with E-state index in [1.165, 1.54) is 25.7 Å². The molecule has 0 aromatic heterocycles. The summed E-state index contributed by atoms with van der Waals surface area (Å²) in [6.45, 7) is 1.96. The summed E-state index contributed by atoms with van der Waals surface area (Å²) in [6.07, 6.45) is 5.08. The molecule has 0 aliphatic heterocycles. The minimum absolute atomic E-state index is 0.112. The highest BCUT2D eigenvalue weighted by Crippen LogP contribution is 2.33. The van der Waals surface area contributed by atoms with Gasteiger partial charge >= 0.3 is 0 Å². The van der Waals surface area contributed by atoms with Gasteiger partial charge in [-0.15, -0.1) is 0 Å². The number of hydrogen-bond donors (Lipinski definition) is 1. The largest absolute Gasteiger partial charge is 0.484 e. The molecular weight excluding hydrogens is 252 g/mol. The third-order valence-electron chi connectivity index (χ3n) is 3.95. The molecule has 0 heterocycles. The highest BCUT2D eigenvalue weighted by Gasteiger charge is 2.31.